The number of hydrogen-bond donors (Lipinski definition) is 1. The van der Waals surface area contributed by atoms with Crippen LogP contribution < -0.4 is 0 Å². The van der Waals surface area contributed by atoms with Crippen LogP contribution in [0.15, 0.2) is 33.2 Å². The molecular weight excluding hydrogens is 376 g/mol. The monoisotopic (exact) mass is 386 g/mol. The molecule has 0 bridgehead atoms. The van der Waals surface area contributed by atoms with Crippen LogP contribution >= 0.6 is 44.1 Å². The fourth-order valence-electron chi connectivity index (χ4n) is 1.62. The standard InChI is InChI=1S/C13H12Br2N2S/c1-7(2)11-10(15)13(18)17-12(16-11)8-3-5-9(14)6-4-8/h3-7H,1-2H3,(H,16,17,18). The highest BCUT2D eigenvalue weighted by molar-refractivity contribution is 9.10. The van der Waals surface area contributed by atoms with E-state index in [9.17, 15) is 0 Å². The smallest absolute Gasteiger partial charge is 0.144 e. The molecule has 0 fully saturated rings. The van der Waals surface area contributed by atoms with E-state index in [0.29, 0.717) is 10.6 Å². The lowest BCUT2D eigenvalue weighted by atomic mass is 10.1. The van der Waals surface area contributed by atoms with Crippen molar-refractivity contribution < 1.29 is 0 Å². The molecule has 0 aliphatic carbocycles. The van der Waals surface area contributed by atoms with Crippen molar-refractivity contribution in [2.75, 3.05) is 0 Å². The number of halogens is 2. The molecule has 1 N–H and O–H groups in total. The minimum absolute atomic E-state index is 0.360. The van der Waals surface area contributed by atoms with Crippen molar-refractivity contribution in [3.63, 3.8) is 0 Å². The second-order valence-electron chi connectivity index (χ2n) is 4.28. The molecule has 18 heavy (non-hydrogen) atoms. The van der Waals surface area contributed by atoms with Crippen molar-refractivity contribution in [2.45, 2.75) is 19.8 Å². The number of rotatable bonds is 2. The van der Waals surface area contributed by atoms with E-state index in [1.165, 1.54) is 0 Å². The van der Waals surface area contributed by atoms with Gasteiger partial charge in [0, 0.05) is 15.7 Å². The lowest BCUT2D eigenvalue weighted by molar-refractivity contribution is 0.807. The van der Waals surface area contributed by atoms with Gasteiger partial charge in [-0.2, -0.15) is 0 Å². The van der Waals surface area contributed by atoms with Gasteiger partial charge >= 0.3 is 0 Å². The Kier molecular flexibility index (Phi) is 4.35. The second-order valence-corrected chi connectivity index (χ2v) is 6.38. The zero-order valence-corrected chi connectivity index (χ0v) is 14.0. The Bertz CT molecular complexity index is 618. The van der Waals surface area contributed by atoms with E-state index < -0.39 is 0 Å². The number of aromatic nitrogens is 2. The fourth-order valence-corrected chi connectivity index (χ4v) is 2.73. The van der Waals surface area contributed by atoms with E-state index in [0.717, 1.165) is 26.0 Å². The van der Waals surface area contributed by atoms with Gasteiger partial charge in [-0.25, -0.2) is 4.98 Å². The summed E-state index contributed by atoms with van der Waals surface area (Å²) in [7, 11) is 0. The van der Waals surface area contributed by atoms with E-state index in [1.807, 2.05) is 24.3 Å². The van der Waals surface area contributed by atoms with Crippen LogP contribution in [0, 0.1) is 4.64 Å². The zero-order valence-electron chi connectivity index (χ0n) is 10.00. The number of hydrogen-bond acceptors (Lipinski definition) is 2. The Morgan fingerprint density at radius 1 is 1.17 bits per heavy atom. The van der Waals surface area contributed by atoms with Gasteiger partial charge in [-0.05, 0) is 34.0 Å². The first-order valence-corrected chi connectivity index (χ1v) is 7.54. The molecule has 0 aliphatic rings. The molecule has 0 aliphatic heterocycles. The summed E-state index contributed by atoms with van der Waals surface area (Å²) in [6, 6.07) is 8.00. The summed E-state index contributed by atoms with van der Waals surface area (Å²) in [4.78, 5) is 7.76. The van der Waals surface area contributed by atoms with Crippen LogP contribution in [0.25, 0.3) is 11.4 Å². The molecule has 5 heteroatoms. The molecule has 0 radical (unpaired) electrons. The summed E-state index contributed by atoms with van der Waals surface area (Å²) < 4.78 is 2.52. The third-order valence-corrected chi connectivity index (χ3v) is 4.47. The van der Waals surface area contributed by atoms with Crippen molar-refractivity contribution in [3.8, 4) is 11.4 Å². The minimum Gasteiger partial charge on any atom is -0.342 e. The van der Waals surface area contributed by atoms with Gasteiger partial charge in [0.1, 0.15) is 10.5 Å². The summed E-state index contributed by atoms with van der Waals surface area (Å²) in [5.41, 5.74) is 2.10. The number of H-pyrrole nitrogens is 1. The van der Waals surface area contributed by atoms with E-state index in [2.05, 4.69) is 55.7 Å². The minimum atomic E-state index is 0.360. The number of nitrogens with zero attached hydrogens (tertiary/aromatic N) is 1. The van der Waals surface area contributed by atoms with Crippen molar-refractivity contribution in [1.29, 1.82) is 0 Å². The Morgan fingerprint density at radius 2 is 1.78 bits per heavy atom. The summed E-state index contributed by atoms with van der Waals surface area (Å²) >= 11 is 12.2. The Morgan fingerprint density at radius 3 is 2.33 bits per heavy atom. The van der Waals surface area contributed by atoms with E-state index in [4.69, 9.17) is 12.2 Å². The summed E-state index contributed by atoms with van der Waals surface area (Å²) in [5, 5.41) is 0. The molecule has 0 amide bonds. The van der Waals surface area contributed by atoms with Gasteiger partial charge in [0.15, 0.2) is 0 Å². The van der Waals surface area contributed by atoms with Crippen LogP contribution in [0.1, 0.15) is 25.5 Å². The molecule has 2 nitrogen and oxygen atoms in total. The van der Waals surface area contributed by atoms with Crippen LogP contribution in [0.4, 0.5) is 0 Å². The van der Waals surface area contributed by atoms with Crippen LogP contribution in [0.5, 0.6) is 0 Å². The molecule has 94 valence electrons. The van der Waals surface area contributed by atoms with Crippen LogP contribution in [-0.2, 0) is 0 Å². The van der Waals surface area contributed by atoms with Gasteiger partial charge < -0.3 is 4.98 Å². The quantitative estimate of drug-likeness (QED) is 0.693. The number of benzene rings is 1. The molecule has 1 aromatic heterocycles. The maximum Gasteiger partial charge on any atom is 0.144 e. The maximum absolute atomic E-state index is 5.29. The molecule has 2 aromatic rings. The number of nitrogens with one attached hydrogen (secondary N) is 1. The first-order valence-electron chi connectivity index (χ1n) is 5.54. The third-order valence-electron chi connectivity index (χ3n) is 2.59. The van der Waals surface area contributed by atoms with Gasteiger partial charge in [-0.1, -0.05) is 54.1 Å². The van der Waals surface area contributed by atoms with Crippen molar-refractivity contribution in [1.82, 2.24) is 9.97 Å². The highest BCUT2D eigenvalue weighted by atomic mass is 79.9. The maximum atomic E-state index is 5.29. The van der Waals surface area contributed by atoms with Gasteiger partial charge in [0.05, 0.1) is 4.47 Å². The molecular formula is C13H12Br2N2S. The van der Waals surface area contributed by atoms with Crippen molar-refractivity contribution in [3.05, 3.63) is 43.5 Å². The molecule has 2 rings (SSSR count). The van der Waals surface area contributed by atoms with Gasteiger partial charge in [-0.3, -0.25) is 0 Å². The van der Waals surface area contributed by atoms with E-state index in [-0.39, 0.29) is 0 Å². The molecule has 1 aromatic carbocycles. The molecule has 0 spiro atoms. The lowest BCUT2D eigenvalue weighted by Gasteiger charge is -2.11. The summed E-state index contributed by atoms with van der Waals surface area (Å²) in [6.45, 7) is 4.24. The first kappa shape index (κ1) is 13.9. The summed E-state index contributed by atoms with van der Waals surface area (Å²) in [5.74, 6) is 1.16. The predicted molar refractivity (Wildman–Crippen MR) is 84.3 cm³/mol. The molecule has 1 heterocycles. The molecule has 0 unspecified atom stereocenters. The third kappa shape index (κ3) is 2.90. The fraction of sp³-hybridized carbons (Fsp3) is 0.231. The van der Waals surface area contributed by atoms with Gasteiger partial charge in [0.25, 0.3) is 0 Å². The van der Waals surface area contributed by atoms with Crippen LogP contribution in [-0.4, -0.2) is 9.97 Å². The van der Waals surface area contributed by atoms with Crippen LogP contribution in [0.3, 0.4) is 0 Å². The molecule has 0 saturated carbocycles. The first-order chi connectivity index (χ1) is 8.49. The second kappa shape index (κ2) is 5.63. The Labute approximate surface area is 128 Å². The normalized spacial score (nSPS) is 10.9. The number of aromatic amines is 1. The predicted octanol–water partition coefficient (Wildman–Crippen LogP) is 5.45. The van der Waals surface area contributed by atoms with Gasteiger partial charge in [0.2, 0.25) is 0 Å². The van der Waals surface area contributed by atoms with Crippen LogP contribution in [0.2, 0.25) is 0 Å². The lowest BCUT2D eigenvalue weighted by Crippen LogP contribution is -2.00. The average Bonchev–Trinajstić information content (AvgIpc) is 2.33. The summed E-state index contributed by atoms with van der Waals surface area (Å²) in [6.07, 6.45) is 0. The Hall–Kier alpha value is -0.520. The molecule has 0 saturated heterocycles. The zero-order chi connectivity index (χ0) is 13.3. The molecule has 0 atom stereocenters. The largest absolute Gasteiger partial charge is 0.342 e. The van der Waals surface area contributed by atoms with Crippen molar-refractivity contribution >= 4 is 44.1 Å². The van der Waals surface area contributed by atoms with E-state index >= 15 is 0 Å². The topological polar surface area (TPSA) is 28.7 Å². The van der Waals surface area contributed by atoms with Crippen molar-refractivity contribution in [2.24, 2.45) is 0 Å². The van der Waals surface area contributed by atoms with Gasteiger partial charge in [-0.15, -0.1) is 0 Å². The SMILES string of the molecule is CC(C)c1[nH]c(-c2ccc(Br)cc2)nc(=S)c1Br. The highest BCUT2D eigenvalue weighted by Crippen LogP contribution is 2.26. The Balaban J connectivity index is 2.59. The average molecular weight is 388 g/mol. The van der Waals surface area contributed by atoms with E-state index in [1.54, 1.807) is 0 Å². The highest BCUT2D eigenvalue weighted by Gasteiger charge is 2.10.